The summed E-state index contributed by atoms with van der Waals surface area (Å²) in [4.78, 5) is 30.9. The fourth-order valence-corrected chi connectivity index (χ4v) is 0.927. The highest BCUT2D eigenvalue weighted by Crippen LogP contribution is 2.10. The van der Waals surface area contributed by atoms with Gasteiger partial charge in [0.1, 0.15) is 0 Å². The van der Waals surface area contributed by atoms with Gasteiger partial charge < -0.3 is 15.3 Å². The van der Waals surface area contributed by atoms with Gasteiger partial charge in [-0.05, 0) is 6.42 Å². The predicted molar refractivity (Wildman–Crippen MR) is 49.4 cm³/mol. The van der Waals surface area contributed by atoms with Gasteiger partial charge in [-0.2, -0.15) is 0 Å². The number of aliphatic carboxylic acids is 3. The SMILES string of the molecule is O=C(O)C/C=C/CC(CC(=O)O)C(=O)O. The van der Waals surface area contributed by atoms with Crippen molar-refractivity contribution >= 4 is 17.9 Å². The Morgan fingerprint density at radius 1 is 1.00 bits per heavy atom. The predicted octanol–water partition coefficient (Wildman–Crippen LogP) is 0.583. The summed E-state index contributed by atoms with van der Waals surface area (Å²) in [5.41, 5.74) is 0. The molecule has 0 aliphatic rings. The Morgan fingerprint density at radius 2 is 1.60 bits per heavy atom. The van der Waals surface area contributed by atoms with Gasteiger partial charge in [-0.1, -0.05) is 12.2 Å². The highest BCUT2D eigenvalue weighted by molar-refractivity contribution is 5.77. The van der Waals surface area contributed by atoms with Gasteiger partial charge in [-0.15, -0.1) is 0 Å². The van der Waals surface area contributed by atoms with Gasteiger partial charge in [-0.3, -0.25) is 14.4 Å². The molecule has 1 atom stereocenters. The van der Waals surface area contributed by atoms with Gasteiger partial charge in [0, 0.05) is 0 Å². The van der Waals surface area contributed by atoms with Crippen LogP contribution in [-0.4, -0.2) is 33.2 Å². The number of carboxylic acid groups (broad SMARTS) is 3. The van der Waals surface area contributed by atoms with Crippen LogP contribution >= 0.6 is 0 Å². The van der Waals surface area contributed by atoms with E-state index in [0.29, 0.717) is 0 Å². The number of carboxylic acids is 3. The molecule has 0 aromatic carbocycles. The lowest BCUT2D eigenvalue weighted by Gasteiger charge is -2.05. The first kappa shape index (κ1) is 13.2. The molecule has 1 unspecified atom stereocenters. The van der Waals surface area contributed by atoms with Crippen molar-refractivity contribution in [3.8, 4) is 0 Å². The minimum absolute atomic E-state index is 0.0227. The lowest BCUT2D eigenvalue weighted by atomic mass is 10.0. The largest absolute Gasteiger partial charge is 0.481 e. The number of rotatable bonds is 7. The van der Waals surface area contributed by atoms with E-state index < -0.39 is 30.2 Å². The second-order valence-electron chi connectivity index (χ2n) is 2.94. The van der Waals surface area contributed by atoms with E-state index in [0.717, 1.165) is 0 Å². The molecule has 0 amide bonds. The van der Waals surface area contributed by atoms with Crippen molar-refractivity contribution in [1.82, 2.24) is 0 Å². The molecule has 15 heavy (non-hydrogen) atoms. The molecule has 84 valence electrons. The first-order valence-electron chi connectivity index (χ1n) is 4.25. The second kappa shape index (κ2) is 6.58. The van der Waals surface area contributed by atoms with Crippen molar-refractivity contribution in [2.75, 3.05) is 0 Å². The topological polar surface area (TPSA) is 112 Å². The molecule has 6 heteroatoms. The minimum atomic E-state index is -1.20. The third-order valence-electron chi connectivity index (χ3n) is 1.65. The Hall–Kier alpha value is -1.85. The monoisotopic (exact) mass is 216 g/mol. The molecular weight excluding hydrogens is 204 g/mol. The molecule has 0 aliphatic heterocycles. The summed E-state index contributed by atoms with van der Waals surface area (Å²) in [7, 11) is 0. The molecule has 0 saturated carbocycles. The first-order valence-corrected chi connectivity index (χ1v) is 4.25. The van der Waals surface area contributed by atoms with E-state index in [1.807, 2.05) is 0 Å². The number of hydrogen-bond donors (Lipinski definition) is 3. The zero-order valence-electron chi connectivity index (χ0n) is 7.92. The molecule has 0 heterocycles. The van der Waals surface area contributed by atoms with Gasteiger partial charge in [0.25, 0.3) is 0 Å². The molecule has 0 aromatic heterocycles. The molecule has 3 N–H and O–H groups in total. The van der Waals surface area contributed by atoms with E-state index in [4.69, 9.17) is 15.3 Å². The summed E-state index contributed by atoms with van der Waals surface area (Å²) < 4.78 is 0. The highest BCUT2D eigenvalue weighted by Gasteiger charge is 2.19. The smallest absolute Gasteiger partial charge is 0.307 e. The van der Waals surface area contributed by atoms with Crippen LogP contribution in [0.2, 0.25) is 0 Å². The van der Waals surface area contributed by atoms with Crippen molar-refractivity contribution < 1.29 is 29.7 Å². The highest BCUT2D eigenvalue weighted by atomic mass is 16.4. The van der Waals surface area contributed by atoms with Crippen LogP contribution in [0.25, 0.3) is 0 Å². The van der Waals surface area contributed by atoms with Crippen molar-refractivity contribution in [3.63, 3.8) is 0 Å². The summed E-state index contributed by atoms with van der Waals surface area (Å²) in [6, 6.07) is 0. The van der Waals surface area contributed by atoms with Crippen LogP contribution in [0.1, 0.15) is 19.3 Å². The fraction of sp³-hybridized carbons (Fsp3) is 0.444. The van der Waals surface area contributed by atoms with E-state index in [1.54, 1.807) is 0 Å². The van der Waals surface area contributed by atoms with Crippen LogP contribution in [0.4, 0.5) is 0 Å². The maximum Gasteiger partial charge on any atom is 0.307 e. The lowest BCUT2D eigenvalue weighted by Crippen LogP contribution is -2.16. The third kappa shape index (κ3) is 7.24. The normalized spacial score (nSPS) is 12.5. The standard InChI is InChI=1S/C9H12O6/c10-7(11)4-2-1-3-6(9(14)15)5-8(12)13/h1-2,6H,3-5H2,(H,10,11)(H,12,13)(H,14,15)/b2-1+. The van der Waals surface area contributed by atoms with Gasteiger partial charge in [0.15, 0.2) is 0 Å². The molecule has 0 bridgehead atoms. The third-order valence-corrected chi connectivity index (χ3v) is 1.65. The lowest BCUT2D eigenvalue weighted by molar-refractivity contribution is -0.148. The Morgan fingerprint density at radius 3 is 2.00 bits per heavy atom. The van der Waals surface area contributed by atoms with Crippen LogP contribution in [0.15, 0.2) is 12.2 Å². The molecule has 6 nitrogen and oxygen atoms in total. The maximum atomic E-state index is 10.5. The average Bonchev–Trinajstić information content (AvgIpc) is 2.08. The van der Waals surface area contributed by atoms with Crippen LogP contribution < -0.4 is 0 Å². The zero-order chi connectivity index (χ0) is 11.8. The molecule has 0 aromatic rings. The molecule has 0 fully saturated rings. The summed E-state index contributed by atoms with van der Waals surface area (Å²) in [5.74, 6) is -4.41. The van der Waals surface area contributed by atoms with Gasteiger partial charge >= 0.3 is 17.9 Å². The molecule has 0 saturated heterocycles. The van der Waals surface area contributed by atoms with Gasteiger partial charge in [0.2, 0.25) is 0 Å². The van der Waals surface area contributed by atoms with E-state index >= 15 is 0 Å². The second-order valence-corrected chi connectivity index (χ2v) is 2.94. The van der Waals surface area contributed by atoms with Crippen molar-refractivity contribution in [3.05, 3.63) is 12.2 Å². The maximum absolute atomic E-state index is 10.5. The quantitative estimate of drug-likeness (QED) is 0.537. The van der Waals surface area contributed by atoms with Crippen LogP contribution in [-0.2, 0) is 14.4 Å². The van der Waals surface area contributed by atoms with E-state index in [9.17, 15) is 14.4 Å². The van der Waals surface area contributed by atoms with Crippen molar-refractivity contribution in [2.24, 2.45) is 5.92 Å². The van der Waals surface area contributed by atoms with E-state index in [2.05, 4.69) is 0 Å². The van der Waals surface area contributed by atoms with Crippen LogP contribution in [0, 0.1) is 5.92 Å². The van der Waals surface area contributed by atoms with Crippen LogP contribution in [0.5, 0.6) is 0 Å². The molecule has 0 rings (SSSR count). The van der Waals surface area contributed by atoms with Crippen LogP contribution in [0.3, 0.4) is 0 Å². The molecule has 0 aliphatic carbocycles. The summed E-state index contributed by atoms with van der Waals surface area (Å²) in [5, 5.41) is 25.3. The van der Waals surface area contributed by atoms with E-state index in [1.165, 1.54) is 12.2 Å². The molecule has 0 spiro atoms. The summed E-state index contributed by atoms with van der Waals surface area (Å²) >= 11 is 0. The van der Waals surface area contributed by atoms with E-state index in [-0.39, 0.29) is 12.8 Å². The Balaban J connectivity index is 4.07. The number of carbonyl (C=O) groups is 3. The Kier molecular flexibility index (Phi) is 5.77. The van der Waals surface area contributed by atoms with Crippen molar-refractivity contribution in [1.29, 1.82) is 0 Å². The van der Waals surface area contributed by atoms with Gasteiger partial charge in [-0.25, -0.2) is 0 Å². The summed E-state index contributed by atoms with van der Waals surface area (Å²) in [6.07, 6.45) is 2.04. The molecule has 0 radical (unpaired) electrons. The average molecular weight is 216 g/mol. The first-order chi connectivity index (χ1) is 6.93. The molecular formula is C9H12O6. The summed E-state index contributed by atoms with van der Waals surface area (Å²) in [6.45, 7) is 0. The minimum Gasteiger partial charge on any atom is -0.481 e. The fourth-order valence-electron chi connectivity index (χ4n) is 0.927. The number of allylic oxidation sites excluding steroid dienone is 1. The number of hydrogen-bond acceptors (Lipinski definition) is 3. The van der Waals surface area contributed by atoms with Gasteiger partial charge in [0.05, 0.1) is 18.8 Å². The Labute approximate surface area is 85.8 Å². The Bertz CT molecular complexity index is 280. The zero-order valence-corrected chi connectivity index (χ0v) is 7.92. The van der Waals surface area contributed by atoms with Crippen molar-refractivity contribution in [2.45, 2.75) is 19.3 Å².